The third-order valence-corrected chi connectivity index (χ3v) is 2.66. The van der Waals surface area contributed by atoms with Crippen molar-refractivity contribution in [3.05, 3.63) is 24.0 Å². The predicted octanol–water partition coefficient (Wildman–Crippen LogP) is 3.39. The largest absolute Gasteiger partial charge is 0.494 e. The highest BCUT2D eigenvalue weighted by Crippen LogP contribution is 2.24. The van der Waals surface area contributed by atoms with E-state index < -0.39 is 5.82 Å². The fourth-order valence-corrected chi connectivity index (χ4v) is 1.65. The van der Waals surface area contributed by atoms with Crippen molar-refractivity contribution >= 4 is 11.7 Å². The summed E-state index contributed by atoms with van der Waals surface area (Å²) in [6.07, 6.45) is 2.01. The summed E-state index contributed by atoms with van der Waals surface area (Å²) in [6, 6.07) is 3.67. The second-order valence-electron chi connectivity index (χ2n) is 4.76. The van der Waals surface area contributed by atoms with Crippen LogP contribution in [-0.4, -0.2) is 19.7 Å². The molecule has 2 N–H and O–H groups in total. The minimum absolute atomic E-state index is 0.303. The van der Waals surface area contributed by atoms with Gasteiger partial charge in [-0.25, -0.2) is 9.18 Å². The molecule has 0 saturated carbocycles. The van der Waals surface area contributed by atoms with Crippen LogP contribution >= 0.6 is 0 Å². The molecule has 5 heteroatoms. The van der Waals surface area contributed by atoms with E-state index in [0.717, 1.165) is 12.8 Å². The van der Waals surface area contributed by atoms with Crippen molar-refractivity contribution in [2.45, 2.75) is 26.7 Å². The van der Waals surface area contributed by atoms with Gasteiger partial charge in [-0.3, -0.25) is 0 Å². The molecule has 0 aliphatic heterocycles. The molecule has 2 amide bonds. The Hall–Kier alpha value is -1.78. The van der Waals surface area contributed by atoms with Crippen molar-refractivity contribution in [1.82, 2.24) is 5.32 Å². The maximum atomic E-state index is 13.0. The molecule has 0 aliphatic carbocycles. The molecule has 0 bridgehead atoms. The molecule has 106 valence electrons. The van der Waals surface area contributed by atoms with Crippen LogP contribution in [0.4, 0.5) is 14.9 Å². The Morgan fingerprint density at radius 1 is 1.42 bits per heavy atom. The van der Waals surface area contributed by atoms with E-state index in [2.05, 4.69) is 24.5 Å². The lowest BCUT2D eigenvalue weighted by Crippen LogP contribution is -2.29. The number of urea groups is 1. The van der Waals surface area contributed by atoms with Crippen LogP contribution < -0.4 is 15.4 Å². The van der Waals surface area contributed by atoms with Gasteiger partial charge >= 0.3 is 6.03 Å². The molecule has 0 fully saturated rings. The van der Waals surface area contributed by atoms with Gasteiger partial charge in [0, 0.05) is 12.6 Å². The fraction of sp³-hybridized carbons (Fsp3) is 0.500. The molecule has 1 aromatic carbocycles. The lowest BCUT2D eigenvalue weighted by molar-refractivity contribution is 0.251. The van der Waals surface area contributed by atoms with Crippen molar-refractivity contribution in [1.29, 1.82) is 0 Å². The van der Waals surface area contributed by atoms with Gasteiger partial charge in [0.1, 0.15) is 11.6 Å². The Morgan fingerprint density at radius 3 is 2.79 bits per heavy atom. The second-order valence-corrected chi connectivity index (χ2v) is 4.76. The van der Waals surface area contributed by atoms with Gasteiger partial charge < -0.3 is 15.4 Å². The standard InChI is InChI=1S/C14H21FN2O2/c1-10(2)5-4-8-16-14(18)17-12-7-6-11(15)9-13(12)19-3/h6-7,9-10H,4-5,8H2,1-3H3,(H2,16,17,18). The monoisotopic (exact) mass is 268 g/mol. The third kappa shape index (κ3) is 5.59. The van der Waals surface area contributed by atoms with Gasteiger partial charge in [-0.05, 0) is 30.9 Å². The molecule has 0 spiro atoms. The highest BCUT2D eigenvalue weighted by molar-refractivity contribution is 5.90. The smallest absolute Gasteiger partial charge is 0.319 e. The van der Waals surface area contributed by atoms with E-state index in [1.807, 2.05) is 0 Å². The summed E-state index contributed by atoms with van der Waals surface area (Å²) < 4.78 is 18.0. The number of hydrogen-bond acceptors (Lipinski definition) is 2. The minimum Gasteiger partial charge on any atom is -0.494 e. The Bertz CT molecular complexity index is 422. The van der Waals surface area contributed by atoms with Crippen molar-refractivity contribution in [3.8, 4) is 5.75 Å². The summed E-state index contributed by atoms with van der Waals surface area (Å²) in [4.78, 5) is 11.6. The number of hydrogen-bond donors (Lipinski definition) is 2. The third-order valence-electron chi connectivity index (χ3n) is 2.66. The van der Waals surface area contributed by atoms with Gasteiger partial charge in [-0.15, -0.1) is 0 Å². The molecule has 0 aromatic heterocycles. The molecular weight excluding hydrogens is 247 g/mol. The topological polar surface area (TPSA) is 50.4 Å². The van der Waals surface area contributed by atoms with Gasteiger partial charge in [0.2, 0.25) is 0 Å². The summed E-state index contributed by atoms with van der Waals surface area (Å²) in [5.74, 6) is 0.527. The Labute approximate surface area is 113 Å². The van der Waals surface area contributed by atoms with E-state index in [1.54, 1.807) is 0 Å². The van der Waals surface area contributed by atoms with Gasteiger partial charge in [0.15, 0.2) is 0 Å². The first-order valence-corrected chi connectivity index (χ1v) is 6.41. The molecular formula is C14H21FN2O2. The fourth-order valence-electron chi connectivity index (χ4n) is 1.65. The zero-order chi connectivity index (χ0) is 14.3. The maximum Gasteiger partial charge on any atom is 0.319 e. The first kappa shape index (κ1) is 15.3. The molecule has 1 aromatic rings. The van der Waals surface area contributed by atoms with E-state index in [-0.39, 0.29) is 6.03 Å². The van der Waals surface area contributed by atoms with Crippen LogP contribution in [0.25, 0.3) is 0 Å². The van der Waals surface area contributed by atoms with Crippen molar-refractivity contribution in [2.75, 3.05) is 19.0 Å². The predicted molar refractivity (Wildman–Crippen MR) is 74.0 cm³/mol. The summed E-state index contributed by atoms with van der Waals surface area (Å²) in [5.41, 5.74) is 0.449. The van der Waals surface area contributed by atoms with E-state index in [9.17, 15) is 9.18 Å². The number of carbonyl (C=O) groups is 1. The van der Waals surface area contributed by atoms with Gasteiger partial charge in [-0.2, -0.15) is 0 Å². The zero-order valence-electron chi connectivity index (χ0n) is 11.6. The highest BCUT2D eigenvalue weighted by atomic mass is 19.1. The van der Waals surface area contributed by atoms with Gasteiger partial charge in [-0.1, -0.05) is 13.8 Å². The van der Waals surface area contributed by atoms with E-state index >= 15 is 0 Å². The van der Waals surface area contributed by atoms with E-state index in [0.29, 0.717) is 23.9 Å². The average molecular weight is 268 g/mol. The lowest BCUT2D eigenvalue weighted by Gasteiger charge is -2.11. The molecule has 19 heavy (non-hydrogen) atoms. The SMILES string of the molecule is COc1cc(F)ccc1NC(=O)NCCCC(C)C. The first-order chi connectivity index (χ1) is 9.02. The molecule has 0 heterocycles. The number of methoxy groups -OCH3 is 1. The minimum atomic E-state index is -0.403. The molecule has 0 aliphatic rings. The van der Waals surface area contributed by atoms with Crippen LogP contribution in [0.3, 0.4) is 0 Å². The van der Waals surface area contributed by atoms with Crippen LogP contribution in [-0.2, 0) is 0 Å². The van der Waals surface area contributed by atoms with Gasteiger partial charge in [0.05, 0.1) is 12.8 Å². The Morgan fingerprint density at radius 2 is 2.16 bits per heavy atom. The Kier molecular flexibility index (Phi) is 6.12. The van der Waals surface area contributed by atoms with Crippen LogP contribution in [0.5, 0.6) is 5.75 Å². The van der Waals surface area contributed by atoms with Crippen molar-refractivity contribution in [3.63, 3.8) is 0 Å². The lowest BCUT2D eigenvalue weighted by atomic mass is 10.1. The quantitative estimate of drug-likeness (QED) is 0.777. The number of nitrogens with one attached hydrogen (secondary N) is 2. The molecule has 0 saturated heterocycles. The summed E-state index contributed by atoms with van der Waals surface area (Å²) in [7, 11) is 1.43. The van der Waals surface area contributed by atoms with Crippen LogP contribution in [0.15, 0.2) is 18.2 Å². The molecule has 0 radical (unpaired) electrons. The number of ether oxygens (including phenoxy) is 1. The van der Waals surface area contributed by atoms with Gasteiger partial charge in [0.25, 0.3) is 0 Å². The summed E-state index contributed by atoms with van der Waals surface area (Å²) in [5, 5.41) is 5.39. The van der Waals surface area contributed by atoms with E-state index in [4.69, 9.17) is 4.74 Å². The first-order valence-electron chi connectivity index (χ1n) is 6.41. The zero-order valence-corrected chi connectivity index (χ0v) is 11.6. The van der Waals surface area contributed by atoms with E-state index in [1.165, 1.54) is 25.3 Å². The number of rotatable bonds is 6. The number of carbonyl (C=O) groups excluding carboxylic acids is 1. The van der Waals surface area contributed by atoms with Crippen molar-refractivity contribution < 1.29 is 13.9 Å². The number of amides is 2. The second kappa shape index (κ2) is 7.61. The molecule has 0 unspecified atom stereocenters. The van der Waals surface area contributed by atoms with Crippen LogP contribution in [0.2, 0.25) is 0 Å². The van der Waals surface area contributed by atoms with Crippen LogP contribution in [0.1, 0.15) is 26.7 Å². The summed E-state index contributed by atoms with van der Waals surface area (Å²) in [6.45, 7) is 4.90. The highest BCUT2D eigenvalue weighted by Gasteiger charge is 2.08. The number of anilines is 1. The summed E-state index contributed by atoms with van der Waals surface area (Å²) >= 11 is 0. The molecule has 4 nitrogen and oxygen atoms in total. The Balaban J connectivity index is 2.44. The maximum absolute atomic E-state index is 13.0. The molecule has 0 atom stereocenters. The van der Waals surface area contributed by atoms with Crippen LogP contribution in [0, 0.1) is 11.7 Å². The molecule has 1 rings (SSSR count). The normalized spacial score (nSPS) is 10.4. The van der Waals surface area contributed by atoms with Crippen molar-refractivity contribution in [2.24, 2.45) is 5.92 Å². The number of benzene rings is 1. The average Bonchev–Trinajstić information content (AvgIpc) is 2.36. The number of halogens is 1.